The summed E-state index contributed by atoms with van der Waals surface area (Å²) in [6.07, 6.45) is -13.5. The number of amides is 2. The predicted molar refractivity (Wildman–Crippen MR) is 140 cm³/mol. The molecule has 0 saturated heterocycles. The molecule has 0 aliphatic rings. The van der Waals surface area contributed by atoms with Crippen LogP contribution in [0.1, 0.15) is 26.3 Å². The van der Waals surface area contributed by atoms with E-state index in [0.29, 0.717) is 0 Å². The second-order valence-electron chi connectivity index (χ2n) is 8.04. The Balaban J connectivity index is 1.91. The van der Waals surface area contributed by atoms with E-state index in [0.717, 1.165) is 12.1 Å². The number of hydrogen-bond donors (Lipinski definition) is 2. The van der Waals surface area contributed by atoms with Crippen LogP contribution in [0, 0.1) is 13.0 Å². The summed E-state index contributed by atoms with van der Waals surface area (Å²) >= 11 is 2.49. The minimum Gasteiger partial charge on any atom is -0.322 e. The molecule has 0 aromatic heterocycles. The highest BCUT2D eigenvalue weighted by Crippen LogP contribution is 2.58. The van der Waals surface area contributed by atoms with Crippen LogP contribution in [0.3, 0.4) is 0 Å². The number of benzene rings is 3. The molecule has 214 valence electrons. The first-order valence-corrected chi connectivity index (χ1v) is 12.6. The van der Waals surface area contributed by atoms with Crippen molar-refractivity contribution in [1.82, 2.24) is 0 Å². The first kappa shape index (κ1) is 31.9. The third kappa shape index (κ3) is 6.15. The minimum absolute atomic E-state index is 0.0297. The predicted octanol–water partition coefficient (Wildman–Crippen LogP) is 8.46. The number of hydrogen-bond acceptors (Lipinski definition) is 2. The molecule has 0 fully saturated rings. The van der Waals surface area contributed by atoms with E-state index in [2.05, 4.69) is 10.6 Å². The molecule has 0 spiro atoms. The van der Waals surface area contributed by atoms with Crippen LogP contribution in [-0.4, -0.2) is 30.1 Å². The molecule has 3 aromatic carbocycles. The Bertz CT molecular complexity index is 1440. The molecule has 16 heteroatoms. The summed E-state index contributed by atoms with van der Waals surface area (Å²) < 4.78 is 134. The zero-order valence-corrected chi connectivity index (χ0v) is 23.4. The maximum Gasteiger partial charge on any atom is 0.457 e. The highest BCUT2D eigenvalue weighted by Gasteiger charge is 2.81. The fourth-order valence-electron chi connectivity index (χ4n) is 3.37. The molecule has 0 radical (unpaired) electrons. The van der Waals surface area contributed by atoms with E-state index in [1.54, 1.807) is 0 Å². The van der Waals surface area contributed by atoms with Crippen LogP contribution in [0.5, 0.6) is 0 Å². The number of nitrogens with one attached hydrogen (secondary N) is 2. The minimum atomic E-state index is -6.88. The van der Waals surface area contributed by atoms with Gasteiger partial charge in [0.25, 0.3) is 11.8 Å². The first-order valence-electron chi connectivity index (χ1n) is 10.5. The molecular formula is C24H12F10I2N2O2. The van der Waals surface area contributed by atoms with Gasteiger partial charge in [-0.05, 0) is 93.7 Å². The summed E-state index contributed by atoms with van der Waals surface area (Å²) in [6.45, 7) is 0. The van der Waals surface area contributed by atoms with Crippen molar-refractivity contribution in [2.45, 2.75) is 23.9 Å². The van der Waals surface area contributed by atoms with Crippen molar-refractivity contribution in [3.63, 3.8) is 0 Å². The van der Waals surface area contributed by atoms with Crippen LogP contribution in [0.4, 0.5) is 55.3 Å². The third-order valence-corrected chi connectivity index (χ3v) is 7.03. The van der Waals surface area contributed by atoms with Crippen LogP contribution >= 0.6 is 45.2 Å². The third-order valence-electron chi connectivity index (χ3n) is 5.33. The summed E-state index contributed by atoms with van der Waals surface area (Å²) in [5.74, 6) is -9.15. The van der Waals surface area contributed by atoms with Crippen LogP contribution in [0.2, 0.25) is 0 Å². The van der Waals surface area contributed by atoms with Crippen LogP contribution in [0.25, 0.3) is 0 Å². The van der Waals surface area contributed by atoms with Crippen LogP contribution < -0.4 is 10.6 Å². The monoisotopic (exact) mass is 804 g/mol. The Morgan fingerprint density at radius 1 is 0.650 bits per heavy atom. The molecule has 0 aliphatic heterocycles. The Morgan fingerprint density at radius 3 is 1.65 bits per heavy atom. The smallest absolute Gasteiger partial charge is 0.322 e. The van der Waals surface area contributed by atoms with Gasteiger partial charge in [-0.15, -0.1) is 0 Å². The molecule has 2 N–H and O–H groups in total. The number of alkyl halides is 9. The lowest BCUT2D eigenvalue weighted by atomic mass is 9.87. The molecule has 0 bridgehead atoms. The van der Waals surface area contributed by atoms with Gasteiger partial charge in [-0.3, -0.25) is 9.59 Å². The van der Waals surface area contributed by atoms with Crippen LogP contribution in [0.15, 0.2) is 60.7 Å². The van der Waals surface area contributed by atoms with Crippen molar-refractivity contribution in [2.24, 2.45) is 0 Å². The van der Waals surface area contributed by atoms with E-state index in [9.17, 15) is 53.5 Å². The van der Waals surface area contributed by atoms with Gasteiger partial charge >= 0.3 is 23.9 Å². The number of carbonyl (C=O) groups excluding carboxylic acids is 2. The van der Waals surface area contributed by atoms with Gasteiger partial charge in [0.05, 0.1) is 5.69 Å². The highest BCUT2D eigenvalue weighted by molar-refractivity contribution is 14.1. The van der Waals surface area contributed by atoms with Gasteiger partial charge < -0.3 is 10.6 Å². The fourth-order valence-corrected chi connectivity index (χ4v) is 5.40. The second-order valence-corrected chi connectivity index (χ2v) is 10.4. The van der Waals surface area contributed by atoms with Crippen molar-refractivity contribution in [3.05, 3.63) is 90.3 Å². The van der Waals surface area contributed by atoms with Crippen molar-refractivity contribution in [3.8, 4) is 0 Å². The van der Waals surface area contributed by atoms with E-state index >= 15 is 0 Å². The summed E-state index contributed by atoms with van der Waals surface area (Å²) in [5.41, 5.74) is -8.51. The molecule has 4 nitrogen and oxygen atoms in total. The van der Waals surface area contributed by atoms with Gasteiger partial charge in [-0.2, -0.15) is 35.1 Å². The molecule has 0 saturated carbocycles. The maximum atomic E-state index is 14.9. The number of carbonyl (C=O) groups is 2. The molecule has 1 unspecified atom stereocenters. The largest absolute Gasteiger partial charge is 0.457 e. The zero-order chi connectivity index (χ0) is 30.3. The van der Waals surface area contributed by atoms with E-state index in [1.807, 2.05) is 0 Å². The SMILES string of the molecule is O=C(Nc1cccc(C(=O)Nc2c(I)cc(C(F)(C(F)(F)F)C(F)(F)C(F)(F)F)cc2I)c1)c1cccc(F)c1. The standard InChI is InChI=1S/C24H12F10I2N2O2/c25-14-5-1-3-11(7-14)19(39)37-15-6-2-4-12(8-15)20(40)38-18-16(35)9-13(10-17(18)36)21(26,23(29,30)31)22(27,28)24(32,33)34/h1-10H,(H,37,39)(H,38,40). The average molecular weight is 804 g/mol. The molecule has 0 aliphatic carbocycles. The van der Waals surface area contributed by atoms with E-state index in [-0.39, 0.29) is 34.6 Å². The number of halogens is 12. The first-order chi connectivity index (χ1) is 18.3. The van der Waals surface area contributed by atoms with E-state index < -0.39 is 54.3 Å². The fraction of sp³-hybridized carbons (Fsp3) is 0.167. The Kier molecular flexibility index (Phi) is 9.03. The zero-order valence-electron chi connectivity index (χ0n) is 19.1. The lowest BCUT2D eigenvalue weighted by molar-refractivity contribution is -0.389. The summed E-state index contributed by atoms with van der Waals surface area (Å²) in [7, 11) is 0. The van der Waals surface area contributed by atoms with Crippen molar-refractivity contribution in [1.29, 1.82) is 0 Å². The molecule has 40 heavy (non-hydrogen) atoms. The lowest BCUT2D eigenvalue weighted by Gasteiger charge is -2.36. The Labute approximate surface area is 245 Å². The van der Waals surface area contributed by atoms with Crippen molar-refractivity contribution in [2.75, 3.05) is 10.6 Å². The molecule has 0 heterocycles. The molecule has 1 atom stereocenters. The van der Waals surface area contributed by atoms with Crippen molar-refractivity contribution >= 4 is 68.4 Å². The average Bonchev–Trinajstić information content (AvgIpc) is 2.84. The molecular weight excluding hydrogens is 792 g/mol. The summed E-state index contributed by atoms with van der Waals surface area (Å²) in [5, 5.41) is 4.70. The second kappa shape index (κ2) is 11.3. The maximum absolute atomic E-state index is 14.9. The lowest BCUT2D eigenvalue weighted by Crippen LogP contribution is -2.59. The van der Waals surface area contributed by atoms with Gasteiger partial charge in [0.2, 0.25) is 0 Å². The molecule has 3 aromatic rings. The molecule has 2 amide bonds. The summed E-state index contributed by atoms with van der Waals surface area (Å²) in [6, 6.07) is 10.1. The van der Waals surface area contributed by atoms with Crippen LogP contribution in [-0.2, 0) is 5.67 Å². The van der Waals surface area contributed by atoms with Gasteiger partial charge in [-0.1, -0.05) is 12.1 Å². The Hall–Kier alpha value is -2.64. The van der Waals surface area contributed by atoms with Gasteiger partial charge in [0.1, 0.15) is 5.82 Å². The van der Waals surface area contributed by atoms with E-state index in [4.69, 9.17) is 0 Å². The quantitative estimate of drug-likeness (QED) is 0.194. The summed E-state index contributed by atoms with van der Waals surface area (Å²) in [4.78, 5) is 25.1. The van der Waals surface area contributed by atoms with Gasteiger partial charge in [-0.25, -0.2) is 8.78 Å². The molecule has 3 rings (SSSR count). The number of anilines is 2. The van der Waals surface area contributed by atoms with Gasteiger partial charge in [0.15, 0.2) is 0 Å². The van der Waals surface area contributed by atoms with Crippen molar-refractivity contribution < 1.29 is 53.5 Å². The number of rotatable bonds is 6. The topological polar surface area (TPSA) is 58.2 Å². The Morgan fingerprint density at radius 2 is 1.15 bits per heavy atom. The van der Waals surface area contributed by atoms with Gasteiger partial charge in [0, 0.05) is 29.5 Å². The normalized spacial score (nSPS) is 13.9. The highest BCUT2D eigenvalue weighted by atomic mass is 127. The van der Waals surface area contributed by atoms with E-state index in [1.165, 1.54) is 81.6 Å².